The molecule has 0 fully saturated rings. The fourth-order valence-electron chi connectivity index (χ4n) is 15.3. The van der Waals surface area contributed by atoms with Gasteiger partial charge in [-0.3, -0.25) is 0 Å². The van der Waals surface area contributed by atoms with Gasteiger partial charge >= 0.3 is 0 Å². The minimum atomic E-state index is -1.76. The average molecular weight is 1010 g/mol. The topological polar surface area (TPSA) is 0 Å². The zero-order valence-corrected chi connectivity index (χ0v) is 49.8. The van der Waals surface area contributed by atoms with Gasteiger partial charge in [-0.25, -0.2) is 0 Å². The smallest absolute Gasteiger partial charge is 0.0580 e. The first-order chi connectivity index (χ1) is 35.8. The third-order valence-electron chi connectivity index (χ3n) is 19.9. The molecule has 9 heterocycles. The van der Waals surface area contributed by atoms with Crippen LogP contribution < -0.4 is 10.4 Å². The van der Waals surface area contributed by atoms with Gasteiger partial charge in [0.1, 0.15) is 0 Å². The molecule has 10 bridgehead atoms. The van der Waals surface area contributed by atoms with Crippen molar-refractivity contribution in [2.24, 2.45) is 0 Å². The second-order valence-corrected chi connectivity index (χ2v) is 35.0. The molecule has 9 aliphatic rings. The molecule has 0 nitrogen and oxygen atoms in total. The summed E-state index contributed by atoms with van der Waals surface area (Å²) in [6, 6.07) is 31.2. The molecule has 2 heteroatoms. The number of rotatable bonds is 0. The fraction of sp³-hybridized carbons (Fsp3) is 0.771. The van der Waals surface area contributed by atoms with E-state index in [4.69, 9.17) is 0 Å². The van der Waals surface area contributed by atoms with Crippen molar-refractivity contribution in [3.05, 3.63) is 48.5 Å². The second kappa shape index (κ2) is 34.9. The standard InChI is InChI=1S/C70H116Si2/c1-2-8-14-20-26-32-38-44-54-72-57-47-41-35-29-23-17-11-5-3-9-15-21-27-33-39-45-55-71(53-43-37-31-25-19-13-7-1,56-46-40-34-28-22-16-10-4-6-12-18-24-30-36-42-48-58-72)67-59-63-49-51-65-61-68(72)62-66-52-50-64(60-67)69(63)70(65)66/h49-52,59-62H,1-48,53-58H2. The van der Waals surface area contributed by atoms with E-state index >= 15 is 0 Å². The molecule has 0 atom stereocenters. The molecule has 0 amide bonds. The van der Waals surface area contributed by atoms with Crippen molar-refractivity contribution < 1.29 is 0 Å². The Bertz CT molecular complexity index is 1670. The maximum Gasteiger partial charge on any atom is 0.0867 e. The van der Waals surface area contributed by atoms with Crippen molar-refractivity contribution in [3.63, 3.8) is 0 Å². The molecule has 404 valence electrons. The molecule has 13 rings (SSSR count). The highest BCUT2D eigenvalue weighted by molar-refractivity contribution is 6.92. The summed E-state index contributed by atoms with van der Waals surface area (Å²) in [6.07, 6.45) is 70.9. The van der Waals surface area contributed by atoms with E-state index in [-0.39, 0.29) is 0 Å². The lowest BCUT2D eigenvalue weighted by molar-refractivity contribution is 0.528. The van der Waals surface area contributed by atoms with E-state index in [0.717, 1.165) is 0 Å². The van der Waals surface area contributed by atoms with Gasteiger partial charge in [-0.2, -0.15) is 0 Å². The molecule has 0 radical (unpaired) electrons. The Hall–Kier alpha value is -1.65. The maximum atomic E-state index is 2.85. The van der Waals surface area contributed by atoms with Crippen LogP contribution in [0.25, 0.3) is 32.3 Å². The van der Waals surface area contributed by atoms with Gasteiger partial charge in [0, 0.05) is 0 Å². The van der Waals surface area contributed by atoms with Crippen LogP contribution in [-0.2, 0) is 0 Å². The third-order valence-corrected chi connectivity index (χ3v) is 30.8. The molecule has 0 saturated carbocycles. The lowest BCUT2D eigenvalue weighted by Gasteiger charge is -2.35. The summed E-state index contributed by atoms with van der Waals surface area (Å²) in [6.45, 7) is 0. The number of hydrogen-bond acceptors (Lipinski definition) is 0. The van der Waals surface area contributed by atoms with Crippen LogP contribution >= 0.6 is 0 Å². The molecule has 0 aliphatic carbocycles. The van der Waals surface area contributed by atoms with Crippen LogP contribution in [0.1, 0.15) is 308 Å². The molecular formula is C70H116Si2. The highest BCUT2D eigenvalue weighted by Crippen LogP contribution is 2.39. The van der Waals surface area contributed by atoms with Crippen LogP contribution in [-0.4, -0.2) is 16.1 Å². The van der Waals surface area contributed by atoms with Crippen LogP contribution in [0.5, 0.6) is 0 Å². The van der Waals surface area contributed by atoms with Crippen LogP contribution in [0, 0.1) is 0 Å². The Morgan fingerprint density at radius 2 is 0.292 bits per heavy atom. The summed E-state index contributed by atoms with van der Waals surface area (Å²) in [5, 5.41) is 13.2. The van der Waals surface area contributed by atoms with E-state index in [1.807, 2.05) is 10.4 Å². The minimum absolute atomic E-state index is 1.47. The number of hydrogen-bond donors (Lipinski definition) is 0. The van der Waals surface area contributed by atoms with Crippen molar-refractivity contribution in [3.8, 4) is 0 Å². The first-order valence-corrected chi connectivity index (χ1v) is 38.7. The summed E-state index contributed by atoms with van der Waals surface area (Å²) in [5.74, 6) is 0. The molecule has 0 aromatic heterocycles. The monoisotopic (exact) mass is 1010 g/mol. The van der Waals surface area contributed by atoms with Crippen molar-refractivity contribution in [2.45, 2.75) is 344 Å². The van der Waals surface area contributed by atoms with Crippen molar-refractivity contribution in [1.82, 2.24) is 0 Å². The van der Waals surface area contributed by atoms with Crippen LogP contribution in [0.15, 0.2) is 48.5 Å². The Morgan fingerprint density at radius 3 is 0.431 bits per heavy atom. The largest absolute Gasteiger partial charge is 0.0867 e. The van der Waals surface area contributed by atoms with Gasteiger partial charge in [-0.15, -0.1) is 0 Å². The van der Waals surface area contributed by atoms with Gasteiger partial charge < -0.3 is 0 Å². The van der Waals surface area contributed by atoms with E-state index in [1.54, 1.807) is 32.3 Å². The normalized spacial score (nSPS) is 26.2. The fourth-order valence-corrected chi connectivity index (χ4v) is 25.9. The predicted molar refractivity (Wildman–Crippen MR) is 331 cm³/mol. The van der Waals surface area contributed by atoms with Gasteiger partial charge in [0.2, 0.25) is 0 Å². The zero-order chi connectivity index (χ0) is 49.5. The zero-order valence-electron chi connectivity index (χ0n) is 47.8. The molecular weight excluding hydrogens is 897 g/mol. The summed E-state index contributed by atoms with van der Waals surface area (Å²) in [7, 11) is -3.52. The quantitative estimate of drug-likeness (QED) is 0.122. The van der Waals surface area contributed by atoms with Gasteiger partial charge in [0.25, 0.3) is 0 Å². The van der Waals surface area contributed by atoms with E-state index in [0.29, 0.717) is 0 Å². The molecule has 9 aliphatic heterocycles. The van der Waals surface area contributed by atoms with Crippen LogP contribution in [0.4, 0.5) is 0 Å². The van der Waals surface area contributed by atoms with Crippen molar-refractivity contribution in [1.29, 1.82) is 0 Å². The van der Waals surface area contributed by atoms with Gasteiger partial charge in [-0.05, 0) is 32.3 Å². The summed E-state index contributed by atoms with van der Waals surface area (Å²) < 4.78 is 0. The summed E-state index contributed by atoms with van der Waals surface area (Å²) in [5.41, 5.74) is 0. The highest BCUT2D eigenvalue weighted by Gasteiger charge is 2.36. The molecule has 0 N–H and O–H groups in total. The van der Waals surface area contributed by atoms with Crippen LogP contribution in [0.3, 0.4) is 0 Å². The Kier molecular flexibility index (Phi) is 28.1. The summed E-state index contributed by atoms with van der Waals surface area (Å²) in [4.78, 5) is 0. The van der Waals surface area contributed by atoms with E-state index in [9.17, 15) is 0 Å². The highest BCUT2D eigenvalue weighted by atomic mass is 28.3. The van der Waals surface area contributed by atoms with Crippen LogP contribution in [0.2, 0.25) is 36.3 Å². The van der Waals surface area contributed by atoms with Crippen molar-refractivity contribution in [2.75, 3.05) is 0 Å². The number of benzene rings is 4. The molecule has 4 aromatic rings. The molecule has 4 aromatic carbocycles. The van der Waals surface area contributed by atoms with Gasteiger partial charge in [0.05, 0.1) is 16.1 Å². The average Bonchev–Trinajstić information content (AvgIpc) is 3.39. The first-order valence-electron chi connectivity index (χ1n) is 33.5. The first kappa shape index (κ1) is 58.0. The predicted octanol–water partition coefficient (Wildman–Crippen LogP) is 23.7. The molecule has 0 unspecified atom stereocenters. The second-order valence-electron chi connectivity index (χ2n) is 25.8. The lowest BCUT2D eigenvalue weighted by atomic mass is 9.94. The SMILES string of the molecule is c1cc2cc3cc4ccc5cc(cc1c5c24)[Si]12CCCCCCCCCCCCCCCCCC[Si]3(CCCCCCCCCCCCCCCCCC1)CCCCCCCCCCCCCCCCCC2. The van der Waals surface area contributed by atoms with Gasteiger partial charge in [-0.1, -0.05) is 403 Å². The molecule has 0 saturated heterocycles. The Labute approximate surface area is 449 Å². The Morgan fingerprint density at radius 1 is 0.167 bits per heavy atom. The minimum Gasteiger partial charge on any atom is -0.0580 e. The molecule has 0 spiro atoms. The van der Waals surface area contributed by atoms with E-state index in [1.165, 1.54) is 344 Å². The van der Waals surface area contributed by atoms with E-state index < -0.39 is 16.1 Å². The van der Waals surface area contributed by atoms with Crippen molar-refractivity contribution >= 4 is 58.8 Å². The maximum absolute atomic E-state index is 2.85. The molecule has 72 heavy (non-hydrogen) atoms. The van der Waals surface area contributed by atoms with Gasteiger partial charge in [0.15, 0.2) is 0 Å². The lowest BCUT2D eigenvalue weighted by Crippen LogP contribution is -2.47. The summed E-state index contributed by atoms with van der Waals surface area (Å²) >= 11 is 0. The Balaban J connectivity index is 1.26. The van der Waals surface area contributed by atoms with E-state index in [2.05, 4.69) is 48.5 Å². The third kappa shape index (κ3) is 19.7.